The van der Waals surface area contributed by atoms with Gasteiger partial charge in [0.1, 0.15) is 12.0 Å². The zero-order chi connectivity index (χ0) is 14.4. The third-order valence-electron chi connectivity index (χ3n) is 4.04. The molecule has 0 aromatic heterocycles. The molecule has 1 aromatic carbocycles. The summed E-state index contributed by atoms with van der Waals surface area (Å²) >= 11 is 0. The Balaban J connectivity index is 2.00. The fourth-order valence-corrected chi connectivity index (χ4v) is 2.90. The van der Waals surface area contributed by atoms with Crippen LogP contribution in [0.1, 0.15) is 31.2 Å². The van der Waals surface area contributed by atoms with Gasteiger partial charge in [0.25, 0.3) is 0 Å². The van der Waals surface area contributed by atoms with E-state index in [4.69, 9.17) is 4.74 Å². The van der Waals surface area contributed by atoms with E-state index in [0.717, 1.165) is 43.3 Å². The molecule has 2 heteroatoms. The van der Waals surface area contributed by atoms with E-state index >= 15 is 0 Å². The van der Waals surface area contributed by atoms with Crippen molar-refractivity contribution in [3.63, 3.8) is 0 Å². The molecule has 2 rings (SSSR count). The quantitative estimate of drug-likeness (QED) is 0.570. The fraction of sp³-hybridized carbons (Fsp3) is 0.389. The lowest BCUT2D eigenvalue weighted by Gasteiger charge is -2.31. The summed E-state index contributed by atoms with van der Waals surface area (Å²) in [7, 11) is 0. The number of benzene rings is 1. The average Bonchev–Trinajstić information content (AvgIpc) is 2.49. The highest BCUT2D eigenvalue weighted by Crippen LogP contribution is 2.32. The van der Waals surface area contributed by atoms with Crippen molar-refractivity contribution in [1.29, 1.82) is 0 Å². The van der Waals surface area contributed by atoms with Crippen LogP contribution >= 0.6 is 0 Å². The Hall–Kier alpha value is -1.83. The van der Waals surface area contributed by atoms with Gasteiger partial charge in [0.05, 0.1) is 6.10 Å². The molecule has 1 aromatic rings. The lowest BCUT2D eigenvalue weighted by molar-refractivity contribution is -0.111. The first-order valence-corrected chi connectivity index (χ1v) is 7.24. The topological polar surface area (TPSA) is 26.3 Å². The van der Waals surface area contributed by atoms with E-state index in [0.29, 0.717) is 5.92 Å². The predicted molar refractivity (Wildman–Crippen MR) is 82.7 cm³/mol. The summed E-state index contributed by atoms with van der Waals surface area (Å²) in [4.78, 5) is 11.1. The number of ether oxygens (including phenoxy) is 1. The summed E-state index contributed by atoms with van der Waals surface area (Å²) in [5, 5.41) is 0. The van der Waals surface area contributed by atoms with Crippen molar-refractivity contribution in [2.45, 2.75) is 31.8 Å². The molecule has 1 unspecified atom stereocenters. The molecule has 0 heterocycles. The van der Waals surface area contributed by atoms with Gasteiger partial charge in [0.2, 0.25) is 0 Å². The normalized spacial score (nSPS) is 23.6. The van der Waals surface area contributed by atoms with Crippen molar-refractivity contribution in [2.24, 2.45) is 11.8 Å². The predicted octanol–water partition coefficient (Wildman–Crippen LogP) is 4.27. The largest absolute Gasteiger partial charge is 0.490 e. The van der Waals surface area contributed by atoms with Crippen LogP contribution in [0.5, 0.6) is 5.75 Å². The third-order valence-corrected chi connectivity index (χ3v) is 4.04. The first-order chi connectivity index (χ1) is 9.76. The molecule has 0 amide bonds. The Labute approximate surface area is 121 Å². The molecule has 0 spiro atoms. The summed E-state index contributed by atoms with van der Waals surface area (Å²) < 4.78 is 6.07. The number of rotatable bonds is 6. The van der Waals surface area contributed by atoms with Gasteiger partial charge >= 0.3 is 0 Å². The molecule has 3 atom stereocenters. The van der Waals surface area contributed by atoms with Gasteiger partial charge in [-0.15, -0.1) is 6.58 Å². The Morgan fingerprint density at radius 1 is 1.30 bits per heavy atom. The highest BCUT2D eigenvalue weighted by atomic mass is 16.5. The van der Waals surface area contributed by atoms with Gasteiger partial charge in [0, 0.05) is 5.92 Å². The van der Waals surface area contributed by atoms with Crippen molar-refractivity contribution < 1.29 is 9.53 Å². The maximum atomic E-state index is 11.1. The van der Waals surface area contributed by atoms with Crippen LogP contribution in [0.4, 0.5) is 0 Å². The Morgan fingerprint density at radius 2 is 2.15 bits per heavy atom. The molecule has 0 saturated heterocycles. The highest BCUT2D eigenvalue weighted by molar-refractivity contribution is 5.56. The molecule has 0 aliphatic heterocycles. The zero-order valence-corrected chi connectivity index (χ0v) is 11.8. The van der Waals surface area contributed by atoms with E-state index in [2.05, 4.69) is 13.2 Å². The second kappa shape index (κ2) is 7.09. The summed E-state index contributed by atoms with van der Waals surface area (Å²) in [6.07, 6.45) is 8.95. The molecule has 0 radical (unpaired) electrons. The molecule has 0 bridgehead atoms. The molecule has 1 saturated carbocycles. The molecule has 0 N–H and O–H groups in total. The minimum absolute atomic E-state index is 0.0408. The van der Waals surface area contributed by atoms with Gasteiger partial charge in [-0.2, -0.15) is 0 Å². The molecule has 1 aliphatic rings. The van der Waals surface area contributed by atoms with Crippen LogP contribution in [-0.2, 0) is 4.79 Å². The molecule has 20 heavy (non-hydrogen) atoms. The second-order valence-electron chi connectivity index (χ2n) is 5.39. The van der Waals surface area contributed by atoms with Crippen molar-refractivity contribution >= 4 is 12.4 Å². The smallest absolute Gasteiger partial charge is 0.127 e. The van der Waals surface area contributed by atoms with Gasteiger partial charge in [-0.25, -0.2) is 0 Å². The maximum absolute atomic E-state index is 11.1. The number of hydrogen-bond donors (Lipinski definition) is 0. The van der Waals surface area contributed by atoms with Crippen LogP contribution in [-0.4, -0.2) is 12.4 Å². The minimum Gasteiger partial charge on any atom is -0.490 e. The standard InChI is InChI=1S/C18H22O2/c1-3-14-7-5-9-17(11-14)20-18-10-6-8-16(12-18)15(4-2)13-19/h3-5,7,9,11,13,15-16,18H,1-2,6,8,10,12H2/t15?,16-,18+/m0/s1. The third kappa shape index (κ3) is 3.60. The van der Waals surface area contributed by atoms with Crippen LogP contribution in [0.3, 0.4) is 0 Å². The van der Waals surface area contributed by atoms with Crippen LogP contribution in [0.15, 0.2) is 43.5 Å². The van der Waals surface area contributed by atoms with E-state index < -0.39 is 0 Å². The maximum Gasteiger partial charge on any atom is 0.127 e. The Morgan fingerprint density at radius 3 is 2.85 bits per heavy atom. The van der Waals surface area contributed by atoms with E-state index in [1.165, 1.54) is 0 Å². The summed E-state index contributed by atoms with van der Waals surface area (Å²) in [5.41, 5.74) is 1.06. The van der Waals surface area contributed by atoms with Gasteiger partial charge in [0.15, 0.2) is 0 Å². The van der Waals surface area contributed by atoms with Crippen LogP contribution in [0, 0.1) is 11.8 Å². The zero-order valence-electron chi connectivity index (χ0n) is 11.8. The fourth-order valence-electron chi connectivity index (χ4n) is 2.90. The molecule has 106 valence electrons. The van der Waals surface area contributed by atoms with E-state index in [-0.39, 0.29) is 12.0 Å². The molecule has 2 nitrogen and oxygen atoms in total. The molecular formula is C18H22O2. The van der Waals surface area contributed by atoms with Gasteiger partial charge in [-0.3, -0.25) is 0 Å². The van der Waals surface area contributed by atoms with Crippen molar-refractivity contribution in [1.82, 2.24) is 0 Å². The summed E-state index contributed by atoms with van der Waals surface area (Å²) in [5.74, 6) is 1.21. The van der Waals surface area contributed by atoms with Crippen molar-refractivity contribution in [2.75, 3.05) is 0 Å². The van der Waals surface area contributed by atoms with Crippen LogP contribution in [0.25, 0.3) is 6.08 Å². The number of aldehydes is 1. The Kier molecular flexibility index (Phi) is 5.16. The first kappa shape index (κ1) is 14.6. The van der Waals surface area contributed by atoms with E-state index in [1.807, 2.05) is 30.3 Å². The van der Waals surface area contributed by atoms with Crippen LogP contribution < -0.4 is 4.74 Å². The lowest BCUT2D eigenvalue weighted by atomic mass is 9.79. The number of allylic oxidation sites excluding steroid dienone is 1. The van der Waals surface area contributed by atoms with E-state index in [9.17, 15) is 4.79 Å². The minimum atomic E-state index is -0.0408. The van der Waals surface area contributed by atoms with E-state index in [1.54, 1.807) is 6.08 Å². The lowest BCUT2D eigenvalue weighted by Crippen LogP contribution is -2.29. The summed E-state index contributed by atoms with van der Waals surface area (Å²) in [6.45, 7) is 7.53. The summed E-state index contributed by atoms with van der Waals surface area (Å²) in [6, 6.07) is 7.96. The number of hydrogen-bond acceptors (Lipinski definition) is 2. The molecule has 1 fully saturated rings. The second-order valence-corrected chi connectivity index (χ2v) is 5.39. The van der Waals surface area contributed by atoms with Gasteiger partial charge in [-0.05, 0) is 49.3 Å². The highest BCUT2D eigenvalue weighted by Gasteiger charge is 2.27. The van der Waals surface area contributed by atoms with Gasteiger partial charge in [-0.1, -0.05) is 30.9 Å². The van der Waals surface area contributed by atoms with Crippen molar-refractivity contribution in [3.8, 4) is 5.75 Å². The molecule has 1 aliphatic carbocycles. The SMILES string of the molecule is C=Cc1cccc(O[C@@H]2CCC[C@H](C(C=C)C=O)C2)c1. The van der Waals surface area contributed by atoms with Crippen LogP contribution in [0.2, 0.25) is 0 Å². The average molecular weight is 270 g/mol. The monoisotopic (exact) mass is 270 g/mol. The first-order valence-electron chi connectivity index (χ1n) is 7.24. The number of carbonyl (C=O) groups excluding carboxylic acids is 1. The Bertz CT molecular complexity index is 470. The number of carbonyl (C=O) groups is 1. The molecular weight excluding hydrogens is 248 g/mol. The van der Waals surface area contributed by atoms with Gasteiger partial charge < -0.3 is 9.53 Å². The van der Waals surface area contributed by atoms with Crippen molar-refractivity contribution in [3.05, 3.63) is 49.1 Å².